The molecule has 0 unspecified atom stereocenters. The third kappa shape index (κ3) is 29.3. The van der Waals surface area contributed by atoms with E-state index in [1.54, 1.807) is 0 Å². The maximum absolute atomic E-state index is 3.47. The van der Waals surface area contributed by atoms with E-state index >= 15 is 0 Å². The summed E-state index contributed by atoms with van der Waals surface area (Å²) < 4.78 is 0.970. The molecular formula is C2H4I3V-. The molecule has 0 spiro atoms. The third-order valence-corrected chi connectivity index (χ3v) is 0. The molecule has 0 aliphatic heterocycles. The van der Waals surface area contributed by atoms with E-state index in [4.69, 9.17) is 0 Å². The number of halogens is 3. The van der Waals surface area contributed by atoms with Crippen LogP contribution in [0.25, 0.3) is 0 Å². The number of hydrogen-bond acceptors (Lipinski definition) is 0. The zero-order chi connectivity index (χ0) is 5.41. The van der Waals surface area contributed by atoms with Crippen molar-refractivity contribution in [2.75, 3.05) is 4.43 Å². The summed E-state index contributed by atoms with van der Waals surface area (Å²) in [5.41, 5.74) is 0. The van der Waals surface area contributed by atoms with Gasteiger partial charge in [-0.25, -0.2) is 0 Å². The molecule has 0 atom stereocenters. The Morgan fingerprint density at radius 1 is 1.50 bits per heavy atom. The molecule has 0 radical (unpaired) electrons. The van der Waals surface area contributed by atoms with Crippen molar-refractivity contribution in [3.63, 3.8) is 0 Å². The van der Waals surface area contributed by atoms with E-state index in [0.29, 0.717) is 9.47 Å². The average Bonchev–Trinajstić information content (AvgIpc) is 1.39. The topological polar surface area (TPSA) is 0 Å². The Morgan fingerprint density at radius 2 is 1.50 bits per heavy atom. The van der Waals surface area contributed by atoms with Crippen molar-refractivity contribution >= 4 is 62.5 Å². The van der Waals surface area contributed by atoms with Crippen LogP contribution in [0, 0.1) is 6.92 Å². The van der Waals surface area contributed by atoms with Crippen molar-refractivity contribution in [2.45, 2.75) is 0 Å². The molecule has 0 bridgehead atoms. The fourth-order valence-corrected chi connectivity index (χ4v) is 0. The van der Waals surface area contributed by atoms with E-state index in [9.17, 15) is 0 Å². The van der Waals surface area contributed by atoms with E-state index in [1.165, 1.54) is 0 Å². The molecular weight excluding hydrogens is 456 g/mol. The van der Waals surface area contributed by atoms with Crippen LogP contribution < -0.4 is 0 Å². The molecule has 6 heavy (non-hydrogen) atoms. The fourth-order valence-electron chi connectivity index (χ4n) is 0. The average molecular weight is 460 g/mol. The van der Waals surface area contributed by atoms with Gasteiger partial charge < -0.3 is 6.92 Å². The Kier molecular flexibility index (Phi) is 30.1. The van der Waals surface area contributed by atoms with Gasteiger partial charge in [-0.15, -0.1) is 27.0 Å². The Morgan fingerprint density at radius 3 is 1.50 bits per heavy atom. The molecule has 0 amide bonds. The number of alkyl halides is 1. The van der Waals surface area contributed by atoms with Crippen LogP contribution in [0.15, 0.2) is 0 Å². The van der Waals surface area contributed by atoms with E-state index in [0.717, 1.165) is 4.43 Å². The molecule has 0 aromatic heterocycles. The molecule has 0 N–H and O–H groups in total. The van der Waals surface area contributed by atoms with Gasteiger partial charge in [-0.3, -0.25) is 0 Å². The van der Waals surface area contributed by atoms with Gasteiger partial charge in [-0.2, -0.15) is 0 Å². The van der Waals surface area contributed by atoms with Crippen LogP contribution in [0.4, 0.5) is 0 Å². The Balaban J connectivity index is 0. The zero-order valence-corrected chi connectivity index (χ0v) is 10.9. The van der Waals surface area contributed by atoms with Crippen molar-refractivity contribution < 1.29 is 9.47 Å². The quantitative estimate of drug-likeness (QED) is 0.297. The first-order valence-electron chi connectivity index (χ1n) is 1.11. The molecule has 0 aliphatic rings. The van der Waals surface area contributed by atoms with Crippen molar-refractivity contribution in [3.8, 4) is 0 Å². The van der Waals surface area contributed by atoms with Crippen LogP contribution in [-0.2, 0) is 9.47 Å². The molecule has 0 saturated heterocycles. The van der Waals surface area contributed by atoms with E-state index in [2.05, 4.69) is 69.5 Å². The second-order valence-corrected chi connectivity index (χ2v) is 13.1. The molecule has 0 aromatic carbocycles. The van der Waals surface area contributed by atoms with Crippen LogP contribution in [0.1, 0.15) is 0 Å². The first kappa shape index (κ1) is 11.6. The van der Waals surface area contributed by atoms with Gasteiger partial charge in [0.25, 0.3) is 0 Å². The Hall–Kier alpha value is 2.77. The zero-order valence-electron chi connectivity index (χ0n) is 3.00. The first-order valence-corrected chi connectivity index (χ1v) is 11.6. The van der Waals surface area contributed by atoms with E-state index in [1.807, 2.05) is 0 Å². The SMILES string of the molecule is [CH2-]CI.[I][V][I]. The van der Waals surface area contributed by atoms with Crippen LogP contribution in [-0.4, -0.2) is 4.43 Å². The van der Waals surface area contributed by atoms with Gasteiger partial charge in [0.15, 0.2) is 0 Å². The monoisotopic (exact) mass is 460 g/mol. The first-order chi connectivity index (χ1) is 2.83. The number of hydrogen-bond donors (Lipinski definition) is 0. The van der Waals surface area contributed by atoms with Gasteiger partial charge in [-0.05, 0) is 0 Å². The second kappa shape index (κ2) is 15.7. The van der Waals surface area contributed by atoms with E-state index in [-0.39, 0.29) is 0 Å². The normalized spacial score (nSPS) is 5.33. The van der Waals surface area contributed by atoms with Crippen LogP contribution >= 0.6 is 62.5 Å². The van der Waals surface area contributed by atoms with Gasteiger partial charge >= 0.3 is 49.4 Å². The van der Waals surface area contributed by atoms with Gasteiger partial charge in [0, 0.05) is 0 Å². The summed E-state index contributed by atoms with van der Waals surface area (Å²) in [4.78, 5) is 0. The molecule has 0 aliphatic carbocycles. The molecule has 4 heteroatoms. The second-order valence-electron chi connectivity index (χ2n) is 0.253. The summed E-state index contributed by atoms with van der Waals surface area (Å²) >= 11 is 6.91. The van der Waals surface area contributed by atoms with Gasteiger partial charge in [0.05, 0.1) is 0 Å². The minimum atomic E-state index is 0.628. The molecule has 0 heterocycles. The van der Waals surface area contributed by atoms with Crippen LogP contribution in [0.5, 0.6) is 0 Å². The summed E-state index contributed by atoms with van der Waals surface area (Å²) in [5, 5.41) is 0. The maximum atomic E-state index is 3.47. The number of rotatable bonds is 0. The molecule has 0 nitrogen and oxygen atoms in total. The Bertz CT molecular complexity index is 10.8. The summed E-state index contributed by atoms with van der Waals surface area (Å²) in [7, 11) is 0.628. The molecule has 0 fully saturated rings. The van der Waals surface area contributed by atoms with Crippen LogP contribution in [0.3, 0.4) is 0 Å². The molecule has 0 aromatic rings. The van der Waals surface area contributed by atoms with Gasteiger partial charge in [0.2, 0.25) is 0 Å². The Labute approximate surface area is 81.6 Å². The molecule has 39 valence electrons. The van der Waals surface area contributed by atoms with Crippen molar-refractivity contribution in [1.82, 2.24) is 0 Å². The van der Waals surface area contributed by atoms with E-state index < -0.39 is 0 Å². The molecule has 0 saturated carbocycles. The predicted octanol–water partition coefficient (Wildman–Crippen LogP) is 3.02. The standard InChI is InChI=1S/C2H4I.2HI.V/c1-2-3;;;/h1-2H2;2*1H;/q-1;;;+2/p-2. The summed E-state index contributed by atoms with van der Waals surface area (Å²) in [6.07, 6.45) is 0. The minimum absolute atomic E-state index is 0.628. The third-order valence-electron chi connectivity index (χ3n) is 0. The van der Waals surface area contributed by atoms with Crippen molar-refractivity contribution in [1.29, 1.82) is 0 Å². The summed E-state index contributed by atoms with van der Waals surface area (Å²) in [6, 6.07) is 0. The predicted molar refractivity (Wildman–Crippen MR) is 52.3 cm³/mol. The van der Waals surface area contributed by atoms with Crippen molar-refractivity contribution in [2.24, 2.45) is 0 Å². The van der Waals surface area contributed by atoms with Crippen molar-refractivity contribution in [3.05, 3.63) is 6.92 Å². The fraction of sp³-hybridized carbons (Fsp3) is 0.500. The molecule has 0 rings (SSSR count). The van der Waals surface area contributed by atoms with Gasteiger partial charge in [0.1, 0.15) is 0 Å². The van der Waals surface area contributed by atoms with Crippen LogP contribution in [0.2, 0.25) is 0 Å². The summed E-state index contributed by atoms with van der Waals surface area (Å²) in [5.74, 6) is 0. The van der Waals surface area contributed by atoms with Gasteiger partial charge in [-0.1, -0.05) is 0 Å². The summed E-state index contributed by atoms with van der Waals surface area (Å²) in [6.45, 7) is 3.47.